The number of hydrogen-bond acceptors (Lipinski definition) is 5. The molecule has 132 valence electrons. The molecule has 2 fully saturated rings. The summed E-state index contributed by atoms with van der Waals surface area (Å²) in [6.07, 6.45) is 5.76. The molecule has 7 heteroatoms. The second-order valence-corrected chi connectivity index (χ2v) is 7.10. The first kappa shape index (κ1) is 16.1. The Balaban J connectivity index is 1.43. The van der Waals surface area contributed by atoms with Crippen molar-refractivity contribution in [1.29, 1.82) is 0 Å². The van der Waals surface area contributed by atoms with E-state index in [9.17, 15) is 4.79 Å². The molecule has 1 saturated carbocycles. The zero-order valence-corrected chi connectivity index (χ0v) is 14.8. The minimum absolute atomic E-state index is 0.121. The number of carbonyl (C=O) groups is 1. The Bertz CT molecular complexity index is 774. The van der Waals surface area contributed by atoms with Crippen molar-refractivity contribution in [3.63, 3.8) is 0 Å². The molecule has 0 unspecified atom stereocenters. The van der Waals surface area contributed by atoms with E-state index in [-0.39, 0.29) is 11.8 Å². The first-order valence-electron chi connectivity index (χ1n) is 9.02. The summed E-state index contributed by atoms with van der Waals surface area (Å²) in [5, 5.41) is 7.61. The zero-order chi connectivity index (χ0) is 17.4. The second-order valence-electron chi connectivity index (χ2n) is 7.10. The van der Waals surface area contributed by atoms with E-state index in [1.54, 1.807) is 6.20 Å². The number of amides is 1. The molecule has 1 N–H and O–H groups in total. The lowest BCUT2D eigenvalue weighted by Gasteiger charge is -2.31. The van der Waals surface area contributed by atoms with E-state index in [0.717, 1.165) is 56.0 Å². The van der Waals surface area contributed by atoms with Crippen LogP contribution in [-0.4, -0.2) is 44.8 Å². The predicted octanol–water partition coefficient (Wildman–Crippen LogP) is 1.77. The first-order valence-corrected chi connectivity index (χ1v) is 9.02. The lowest BCUT2D eigenvalue weighted by Crippen LogP contribution is -2.41. The summed E-state index contributed by atoms with van der Waals surface area (Å²) in [7, 11) is 0. The summed E-state index contributed by atoms with van der Waals surface area (Å²) in [5.74, 6) is 1.84. The maximum absolute atomic E-state index is 12.2. The van der Waals surface area contributed by atoms with Gasteiger partial charge in [0, 0.05) is 43.0 Å². The van der Waals surface area contributed by atoms with E-state index >= 15 is 0 Å². The predicted molar refractivity (Wildman–Crippen MR) is 94.7 cm³/mol. The molecule has 0 spiro atoms. The normalized spacial score (nSPS) is 18.4. The number of piperidine rings is 1. The van der Waals surface area contributed by atoms with Crippen LogP contribution in [0.5, 0.6) is 0 Å². The number of nitrogens with zero attached hydrogens (tertiary/aromatic N) is 5. The highest BCUT2D eigenvalue weighted by atomic mass is 16.2. The number of aromatic nitrogens is 4. The van der Waals surface area contributed by atoms with E-state index in [0.29, 0.717) is 12.0 Å². The third-order valence-electron chi connectivity index (χ3n) is 4.93. The van der Waals surface area contributed by atoms with Crippen molar-refractivity contribution in [3.8, 4) is 5.82 Å². The Morgan fingerprint density at radius 3 is 2.60 bits per heavy atom. The smallest absolute Gasteiger partial charge is 0.227 e. The first-order chi connectivity index (χ1) is 12.1. The summed E-state index contributed by atoms with van der Waals surface area (Å²) in [5.41, 5.74) is 2.03. The van der Waals surface area contributed by atoms with Crippen molar-refractivity contribution < 1.29 is 4.79 Å². The van der Waals surface area contributed by atoms with Crippen LogP contribution in [0.15, 0.2) is 18.3 Å². The average Bonchev–Trinajstić information content (AvgIpc) is 3.37. The Morgan fingerprint density at radius 1 is 1.20 bits per heavy atom. The van der Waals surface area contributed by atoms with Gasteiger partial charge in [-0.25, -0.2) is 9.67 Å². The standard InChI is InChI=1S/C18H24N6O/c1-12-11-13(2)24(22-12)16-5-8-19-18(21-16)23-9-6-14(7-10-23)17(25)20-15-3-4-15/h5,8,11,14-15H,3-4,6-7,9-10H2,1-2H3,(H,20,25). The molecule has 1 aliphatic carbocycles. The molecule has 1 saturated heterocycles. The van der Waals surface area contributed by atoms with Gasteiger partial charge in [0.1, 0.15) is 0 Å². The number of anilines is 1. The molecule has 25 heavy (non-hydrogen) atoms. The van der Waals surface area contributed by atoms with Crippen LogP contribution in [0.25, 0.3) is 5.82 Å². The quantitative estimate of drug-likeness (QED) is 0.918. The number of carbonyl (C=O) groups excluding carboxylic acids is 1. The maximum atomic E-state index is 12.2. The molecule has 2 aromatic heterocycles. The summed E-state index contributed by atoms with van der Waals surface area (Å²) >= 11 is 0. The van der Waals surface area contributed by atoms with Gasteiger partial charge in [-0.15, -0.1) is 0 Å². The molecule has 1 amide bonds. The molecule has 2 aliphatic rings. The van der Waals surface area contributed by atoms with Gasteiger partial charge in [-0.3, -0.25) is 4.79 Å². The molecule has 0 radical (unpaired) electrons. The third-order valence-corrected chi connectivity index (χ3v) is 4.93. The minimum Gasteiger partial charge on any atom is -0.353 e. The van der Waals surface area contributed by atoms with Gasteiger partial charge >= 0.3 is 0 Å². The van der Waals surface area contributed by atoms with Crippen molar-refractivity contribution in [2.75, 3.05) is 18.0 Å². The van der Waals surface area contributed by atoms with Crippen LogP contribution in [0, 0.1) is 19.8 Å². The summed E-state index contributed by atoms with van der Waals surface area (Å²) in [6.45, 7) is 5.61. The molecule has 0 atom stereocenters. The minimum atomic E-state index is 0.121. The molecular weight excluding hydrogens is 316 g/mol. The molecular formula is C18H24N6O. The van der Waals surface area contributed by atoms with Gasteiger partial charge in [0.15, 0.2) is 5.82 Å². The van der Waals surface area contributed by atoms with Gasteiger partial charge in [-0.1, -0.05) is 0 Å². The van der Waals surface area contributed by atoms with Gasteiger partial charge in [0.05, 0.1) is 5.69 Å². The van der Waals surface area contributed by atoms with E-state index in [2.05, 4.69) is 25.3 Å². The highest BCUT2D eigenvalue weighted by Gasteiger charge is 2.30. The molecule has 2 aromatic rings. The number of nitrogens with one attached hydrogen (secondary N) is 1. The van der Waals surface area contributed by atoms with Gasteiger partial charge in [-0.05, 0) is 45.6 Å². The van der Waals surface area contributed by atoms with Crippen LogP contribution in [0.2, 0.25) is 0 Å². The van der Waals surface area contributed by atoms with Crippen LogP contribution in [0.4, 0.5) is 5.95 Å². The van der Waals surface area contributed by atoms with Gasteiger partial charge < -0.3 is 10.2 Å². The van der Waals surface area contributed by atoms with Crippen LogP contribution in [0.3, 0.4) is 0 Å². The highest BCUT2D eigenvalue weighted by molar-refractivity contribution is 5.79. The van der Waals surface area contributed by atoms with Crippen molar-refractivity contribution >= 4 is 11.9 Å². The highest BCUT2D eigenvalue weighted by Crippen LogP contribution is 2.24. The maximum Gasteiger partial charge on any atom is 0.227 e. The molecule has 3 heterocycles. The van der Waals surface area contributed by atoms with Gasteiger partial charge in [0.25, 0.3) is 0 Å². The van der Waals surface area contributed by atoms with Crippen molar-refractivity contribution in [3.05, 3.63) is 29.7 Å². The Kier molecular flexibility index (Phi) is 4.15. The second kappa shape index (κ2) is 6.46. The lowest BCUT2D eigenvalue weighted by atomic mass is 9.96. The van der Waals surface area contributed by atoms with Gasteiger partial charge in [-0.2, -0.15) is 10.1 Å². The van der Waals surface area contributed by atoms with Crippen LogP contribution in [0.1, 0.15) is 37.1 Å². The summed E-state index contributed by atoms with van der Waals surface area (Å²) < 4.78 is 1.84. The fourth-order valence-electron chi connectivity index (χ4n) is 3.36. The SMILES string of the molecule is Cc1cc(C)n(-c2ccnc(N3CCC(C(=O)NC4CC4)CC3)n2)n1. The van der Waals surface area contributed by atoms with Gasteiger partial charge in [0.2, 0.25) is 11.9 Å². The number of hydrogen-bond donors (Lipinski definition) is 1. The fourth-order valence-corrected chi connectivity index (χ4v) is 3.36. The average molecular weight is 340 g/mol. The van der Waals surface area contributed by atoms with Crippen LogP contribution >= 0.6 is 0 Å². The molecule has 0 aromatic carbocycles. The van der Waals surface area contributed by atoms with E-state index in [4.69, 9.17) is 0 Å². The molecule has 1 aliphatic heterocycles. The van der Waals surface area contributed by atoms with Crippen molar-refractivity contribution in [2.45, 2.75) is 45.6 Å². The molecule has 7 nitrogen and oxygen atoms in total. The summed E-state index contributed by atoms with van der Waals surface area (Å²) in [4.78, 5) is 23.5. The van der Waals surface area contributed by atoms with Crippen molar-refractivity contribution in [1.82, 2.24) is 25.1 Å². The topological polar surface area (TPSA) is 75.9 Å². The van der Waals surface area contributed by atoms with Crippen LogP contribution in [-0.2, 0) is 4.79 Å². The zero-order valence-electron chi connectivity index (χ0n) is 14.8. The molecule has 0 bridgehead atoms. The number of aryl methyl sites for hydroxylation is 2. The van der Waals surface area contributed by atoms with Crippen molar-refractivity contribution in [2.24, 2.45) is 5.92 Å². The number of rotatable bonds is 4. The van der Waals surface area contributed by atoms with Crippen LogP contribution < -0.4 is 10.2 Å². The summed E-state index contributed by atoms with van der Waals surface area (Å²) in [6, 6.07) is 4.34. The molecule has 4 rings (SSSR count). The van der Waals surface area contributed by atoms with E-state index in [1.807, 2.05) is 30.7 Å². The Labute approximate surface area is 147 Å². The Hall–Kier alpha value is -2.44. The van der Waals surface area contributed by atoms with E-state index < -0.39 is 0 Å². The monoisotopic (exact) mass is 340 g/mol. The lowest BCUT2D eigenvalue weighted by molar-refractivity contribution is -0.125. The Morgan fingerprint density at radius 2 is 1.96 bits per heavy atom. The van der Waals surface area contributed by atoms with E-state index in [1.165, 1.54) is 0 Å². The fraction of sp³-hybridized carbons (Fsp3) is 0.556. The largest absolute Gasteiger partial charge is 0.353 e. The third kappa shape index (κ3) is 3.50.